The minimum Gasteiger partial charge on any atom is -0.494 e. The van der Waals surface area contributed by atoms with Gasteiger partial charge >= 0.3 is 0 Å². The lowest BCUT2D eigenvalue weighted by Gasteiger charge is -2.14. The number of fused-ring (bicyclic) bond motifs is 1. The molecule has 0 bridgehead atoms. The predicted molar refractivity (Wildman–Crippen MR) is 115 cm³/mol. The van der Waals surface area contributed by atoms with Crippen LogP contribution in [-0.4, -0.2) is 26.2 Å². The summed E-state index contributed by atoms with van der Waals surface area (Å²) in [6.07, 6.45) is 9.52. The fraction of sp³-hybridized carbons (Fsp3) is 0.565. The first-order valence-electron chi connectivity index (χ1n) is 10.2. The third-order valence-electron chi connectivity index (χ3n) is 4.66. The summed E-state index contributed by atoms with van der Waals surface area (Å²) in [5, 5.41) is 2.14. The van der Waals surface area contributed by atoms with E-state index in [0.717, 1.165) is 53.9 Å². The number of rotatable bonds is 14. The molecule has 0 amide bonds. The van der Waals surface area contributed by atoms with E-state index in [9.17, 15) is 0 Å². The van der Waals surface area contributed by atoms with Crippen LogP contribution in [0.25, 0.3) is 10.8 Å². The molecule has 0 radical (unpaired) electrons. The summed E-state index contributed by atoms with van der Waals surface area (Å²) in [5.41, 5.74) is 0. The maximum absolute atomic E-state index is 5.93. The van der Waals surface area contributed by atoms with Crippen LogP contribution in [0.5, 0.6) is 17.2 Å². The first-order chi connectivity index (χ1) is 13.3. The van der Waals surface area contributed by atoms with E-state index in [0.29, 0.717) is 12.5 Å². The summed E-state index contributed by atoms with van der Waals surface area (Å²) < 4.78 is 17.4. The second-order valence-electron chi connectivity index (χ2n) is 6.84. The first-order valence-corrected chi connectivity index (χ1v) is 10.8. The average Bonchev–Trinajstić information content (AvgIpc) is 2.70. The van der Waals surface area contributed by atoms with Gasteiger partial charge in [0.2, 0.25) is 0 Å². The molecule has 0 aromatic heterocycles. The molecule has 0 aliphatic heterocycles. The van der Waals surface area contributed by atoms with Gasteiger partial charge in [-0.15, -0.1) is 11.6 Å². The Morgan fingerprint density at radius 2 is 1.56 bits per heavy atom. The highest BCUT2D eigenvalue weighted by atomic mass is 35.5. The monoisotopic (exact) mass is 392 g/mol. The van der Waals surface area contributed by atoms with Gasteiger partial charge in [0.1, 0.15) is 5.75 Å². The quantitative estimate of drug-likeness (QED) is 0.256. The van der Waals surface area contributed by atoms with E-state index < -0.39 is 0 Å². The molecule has 0 aliphatic carbocycles. The predicted octanol–water partition coefficient (Wildman–Crippen LogP) is 6.99. The smallest absolute Gasteiger partial charge is 0.168 e. The Morgan fingerprint density at radius 1 is 0.815 bits per heavy atom. The molecule has 0 N–H and O–H groups in total. The molecule has 0 heterocycles. The van der Waals surface area contributed by atoms with Crippen molar-refractivity contribution in [3.63, 3.8) is 0 Å². The molecule has 0 aliphatic rings. The van der Waals surface area contributed by atoms with Gasteiger partial charge in [0, 0.05) is 11.3 Å². The zero-order chi connectivity index (χ0) is 19.3. The van der Waals surface area contributed by atoms with Crippen LogP contribution in [0.1, 0.15) is 58.3 Å². The normalized spacial score (nSPS) is 10.9. The van der Waals surface area contributed by atoms with E-state index in [1.807, 2.05) is 12.1 Å². The molecule has 0 unspecified atom stereocenters. The SMILES string of the molecule is CCCCCCCCOc1ccc2c(OC)c(OCCCCCl)ccc2c1. The summed E-state index contributed by atoms with van der Waals surface area (Å²) in [6, 6.07) is 10.2. The number of halogens is 1. The molecule has 2 rings (SSSR count). The van der Waals surface area contributed by atoms with Crippen LogP contribution in [0, 0.1) is 0 Å². The number of hydrogen-bond acceptors (Lipinski definition) is 3. The largest absolute Gasteiger partial charge is 0.494 e. The number of benzene rings is 2. The lowest BCUT2D eigenvalue weighted by molar-refractivity contribution is 0.290. The molecule has 4 heteroatoms. The van der Waals surface area contributed by atoms with Crippen molar-refractivity contribution < 1.29 is 14.2 Å². The summed E-state index contributed by atoms with van der Waals surface area (Å²) in [4.78, 5) is 0. The summed E-state index contributed by atoms with van der Waals surface area (Å²) in [7, 11) is 1.68. The maximum Gasteiger partial charge on any atom is 0.168 e. The Morgan fingerprint density at radius 3 is 2.33 bits per heavy atom. The van der Waals surface area contributed by atoms with Gasteiger partial charge in [0.15, 0.2) is 11.5 Å². The van der Waals surface area contributed by atoms with Crippen molar-refractivity contribution >= 4 is 22.4 Å². The van der Waals surface area contributed by atoms with Crippen molar-refractivity contribution in [3.05, 3.63) is 30.3 Å². The molecule has 2 aromatic carbocycles. The molecule has 0 saturated heterocycles. The zero-order valence-electron chi connectivity index (χ0n) is 16.8. The van der Waals surface area contributed by atoms with Crippen molar-refractivity contribution in [1.29, 1.82) is 0 Å². The molecular formula is C23H33ClO3. The highest BCUT2D eigenvalue weighted by molar-refractivity contribution is 6.17. The van der Waals surface area contributed by atoms with Crippen LogP contribution in [0.15, 0.2) is 30.3 Å². The summed E-state index contributed by atoms with van der Waals surface area (Å²) in [5.74, 6) is 3.13. The Hall–Kier alpha value is -1.61. The molecule has 2 aromatic rings. The number of hydrogen-bond donors (Lipinski definition) is 0. The molecule has 0 fully saturated rings. The van der Waals surface area contributed by atoms with Crippen molar-refractivity contribution in [2.45, 2.75) is 58.3 Å². The molecule has 0 atom stereocenters. The topological polar surface area (TPSA) is 27.7 Å². The molecule has 0 saturated carbocycles. The summed E-state index contributed by atoms with van der Waals surface area (Å²) >= 11 is 5.72. The van der Waals surface area contributed by atoms with Crippen LogP contribution in [-0.2, 0) is 0 Å². The fourth-order valence-electron chi connectivity index (χ4n) is 3.12. The number of alkyl halides is 1. The Balaban J connectivity index is 1.92. The van der Waals surface area contributed by atoms with Crippen LogP contribution in [0.3, 0.4) is 0 Å². The van der Waals surface area contributed by atoms with Gasteiger partial charge in [-0.05, 0) is 48.9 Å². The number of ether oxygens (including phenoxy) is 3. The minimum absolute atomic E-state index is 0.647. The van der Waals surface area contributed by atoms with Crippen molar-refractivity contribution in [1.82, 2.24) is 0 Å². The van der Waals surface area contributed by atoms with Gasteiger partial charge in [-0.2, -0.15) is 0 Å². The molecular weight excluding hydrogens is 360 g/mol. The van der Waals surface area contributed by atoms with Gasteiger partial charge in [-0.1, -0.05) is 45.1 Å². The second kappa shape index (κ2) is 12.7. The van der Waals surface area contributed by atoms with Gasteiger partial charge in [-0.3, -0.25) is 0 Å². The average molecular weight is 393 g/mol. The lowest BCUT2D eigenvalue weighted by atomic mass is 10.1. The highest BCUT2D eigenvalue weighted by Gasteiger charge is 2.10. The zero-order valence-corrected chi connectivity index (χ0v) is 17.5. The Bertz CT molecular complexity index is 672. The van der Waals surface area contributed by atoms with Crippen LogP contribution < -0.4 is 14.2 Å². The Kier molecular flexibility index (Phi) is 10.2. The second-order valence-corrected chi connectivity index (χ2v) is 7.22. The van der Waals surface area contributed by atoms with E-state index in [4.69, 9.17) is 25.8 Å². The van der Waals surface area contributed by atoms with Crippen LogP contribution >= 0.6 is 11.6 Å². The van der Waals surface area contributed by atoms with Crippen molar-refractivity contribution in [2.24, 2.45) is 0 Å². The van der Waals surface area contributed by atoms with E-state index in [1.54, 1.807) is 7.11 Å². The van der Waals surface area contributed by atoms with E-state index in [-0.39, 0.29) is 0 Å². The molecule has 27 heavy (non-hydrogen) atoms. The van der Waals surface area contributed by atoms with E-state index >= 15 is 0 Å². The lowest BCUT2D eigenvalue weighted by Crippen LogP contribution is -2.00. The van der Waals surface area contributed by atoms with Crippen molar-refractivity contribution in [2.75, 3.05) is 26.2 Å². The molecule has 0 spiro atoms. The van der Waals surface area contributed by atoms with E-state index in [2.05, 4.69) is 25.1 Å². The van der Waals surface area contributed by atoms with Crippen LogP contribution in [0.2, 0.25) is 0 Å². The maximum atomic E-state index is 5.93. The third kappa shape index (κ3) is 7.14. The van der Waals surface area contributed by atoms with Gasteiger partial charge in [0.25, 0.3) is 0 Å². The number of unbranched alkanes of at least 4 members (excludes halogenated alkanes) is 6. The number of methoxy groups -OCH3 is 1. The Labute approximate surface area is 169 Å². The fourth-order valence-corrected chi connectivity index (χ4v) is 3.31. The van der Waals surface area contributed by atoms with E-state index in [1.165, 1.54) is 32.1 Å². The van der Waals surface area contributed by atoms with Gasteiger partial charge < -0.3 is 14.2 Å². The molecule has 3 nitrogen and oxygen atoms in total. The van der Waals surface area contributed by atoms with Crippen LogP contribution in [0.4, 0.5) is 0 Å². The third-order valence-corrected chi connectivity index (χ3v) is 4.93. The van der Waals surface area contributed by atoms with Gasteiger partial charge in [-0.25, -0.2) is 0 Å². The highest BCUT2D eigenvalue weighted by Crippen LogP contribution is 2.37. The summed E-state index contributed by atoms with van der Waals surface area (Å²) in [6.45, 7) is 3.67. The van der Waals surface area contributed by atoms with Gasteiger partial charge in [0.05, 0.1) is 20.3 Å². The standard InChI is InChI=1S/C23H33ClO3/c1-3-4-5-6-7-9-16-26-20-12-13-21-19(18-20)11-14-22(23(21)25-2)27-17-10-8-15-24/h11-14,18H,3-10,15-17H2,1-2H3. The molecule has 150 valence electrons. The minimum atomic E-state index is 0.647. The first kappa shape index (κ1) is 21.7. The van der Waals surface area contributed by atoms with Crippen molar-refractivity contribution in [3.8, 4) is 17.2 Å².